The largest absolute Gasteiger partial charge is 0.312 e. The van der Waals surface area contributed by atoms with Crippen LogP contribution in [0.15, 0.2) is 41.8 Å². The number of hydrazine groups is 1. The number of aryl methyl sites for hydroxylation is 1. The molecule has 124 valence electrons. The fraction of sp³-hybridized carbons (Fsp3) is 0.235. The molecule has 7 heteroatoms. The van der Waals surface area contributed by atoms with E-state index >= 15 is 0 Å². The van der Waals surface area contributed by atoms with Crippen LogP contribution >= 0.6 is 11.3 Å². The van der Waals surface area contributed by atoms with Crippen LogP contribution in [-0.4, -0.2) is 24.3 Å². The van der Waals surface area contributed by atoms with Gasteiger partial charge in [-0.1, -0.05) is 23.8 Å². The van der Waals surface area contributed by atoms with Crippen LogP contribution in [0.1, 0.15) is 21.7 Å². The summed E-state index contributed by atoms with van der Waals surface area (Å²) in [5.41, 5.74) is 6.67. The molecule has 24 heavy (non-hydrogen) atoms. The molecule has 0 saturated carbocycles. The normalized spacial score (nSPS) is 17.0. The molecule has 1 aliphatic heterocycles. The van der Waals surface area contributed by atoms with Gasteiger partial charge in [-0.3, -0.25) is 25.2 Å². The maximum absolute atomic E-state index is 12.2. The highest BCUT2D eigenvalue weighted by Crippen LogP contribution is 2.25. The maximum atomic E-state index is 12.2. The lowest BCUT2D eigenvalue weighted by molar-refractivity contribution is -0.126. The third-order valence-electron chi connectivity index (χ3n) is 3.89. The number of nitrogens with zero attached hydrogens (tertiary/aromatic N) is 1. The maximum Gasteiger partial charge on any atom is 0.279 e. The predicted octanol–water partition coefficient (Wildman–Crippen LogP) is 1.87. The quantitative estimate of drug-likeness (QED) is 0.835. The Balaban J connectivity index is 1.58. The van der Waals surface area contributed by atoms with E-state index in [-0.39, 0.29) is 24.1 Å². The molecule has 0 bridgehead atoms. The average Bonchev–Trinajstić information content (AvgIpc) is 3.23. The van der Waals surface area contributed by atoms with E-state index in [0.717, 1.165) is 11.3 Å². The van der Waals surface area contributed by atoms with Crippen LogP contribution in [0.3, 0.4) is 0 Å². The van der Waals surface area contributed by atoms with Gasteiger partial charge in [0.1, 0.15) is 0 Å². The highest BCUT2D eigenvalue weighted by molar-refractivity contribution is 7.12. The van der Waals surface area contributed by atoms with Gasteiger partial charge < -0.3 is 4.90 Å². The zero-order valence-corrected chi connectivity index (χ0v) is 13.9. The van der Waals surface area contributed by atoms with Crippen molar-refractivity contribution < 1.29 is 14.4 Å². The van der Waals surface area contributed by atoms with E-state index < -0.39 is 5.92 Å². The SMILES string of the molecule is Cc1ccc(N2C[C@H](C(=O)NNC(=O)c3cccs3)CC2=O)cc1. The minimum Gasteiger partial charge on any atom is -0.312 e. The van der Waals surface area contributed by atoms with Gasteiger partial charge in [0.25, 0.3) is 5.91 Å². The Morgan fingerprint density at radius 2 is 1.92 bits per heavy atom. The summed E-state index contributed by atoms with van der Waals surface area (Å²) < 4.78 is 0. The van der Waals surface area contributed by atoms with Gasteiger partial charge in [0.15, 0.2) is 0 Å². The van der Waals surface area contributed by atoms with Crippen LogP contribution in [0.25, 0.3) is 0 Å². The summed E-state index contributed by atoms with van der Waals surface area (Å²) in [6.07, 6.45) is 0.134. The Labute approximate surface area is 143 Å². The molecular weight excluding hydrogens is 326 g/mol. The number of carbonyl (C=O) groups excluding carboxylic acids is 3. The van der Waals surface area contributed by atoms with Crippen LogP contribution < -0.4 is 15.8 Å². The molecule has 0 radical (unpaired) electrons. The second kappa shape index (κ2) is 6.84. The minimum absolute atomic E-state index is 0.0939. The zero-order chi connectivity index (χ0) is 17.1. The Bertz CT molecular complexity index is 756. The number of anilines is 1. The number of amides is 3. The Hall–Kier alpha value is -2.67. The van der Waals surface area contributed by atoms with Crippen LogP contribution in [0, 0.1) is 12.8 Å². The minimum atomic E-state index is -0.484. The van der Waals surface area contributed by atoms with Crippen molar-refractivity contribution in [1.82, 2.24) is 10.9 Å². The molecule has 1 saturated heterocycles. The lowest BCUT2D eigenvalue weighted by atomic mass is 10.1. The number of benzene rings is 1. The van der Waals surface area contributed by atoms with Crippen molar-refractivity contribution in [1.29, 1.82) is 0 Å². The molecule has 1 aliphatic rings. The monoisotopic (exact) mass is 343 g/mol. The summed E-state index contributed by atoms with van der Waals surface area (Å²) in [5.74, 6) is -1.30. The molecule has 6 nitrogen and oxygen atoms in total. The Morgan fingerprint density at radius 3 is 2.58 bits per heavy atom. The second-order valence-electron chi connectivity index (χ2n) is 5.66. The van der Waals surface area contributed by atoms with Gasteiger partial charge in [-0.2, -0.15) is 0 Å². The van der Waals surface area contributed by atoms with Crippen LogP contribution in [0.4, 0.5) is 5.69 Å². The van der Waals surface area contributed by atoms with Gasteiger partial charge in [-0.25, -0.2) is 0 Å². The highest BCUT2D eigenvalue weighted by Gasteiger charge is 2.35. The van der Waals surface area contributed by atoms with Crippen LogP contribution in [0.2, 0.25) is 0 Å². The molecule has 3 amide bonds. The smallest absolute Gasteiger partial charge is 0.279 e. The Kier molecular flexibility index (Phi) is 4.61. The van der Waals surface area contributed by atoms with E-state index in [1.54, 1.807) is 22.4 Å². The summed E-state index contributed by atoms with van der Waals surface area (Å²) >= 11 is 1.29. The molecule has 1 aromatic heterocycles. The number of rotatable bonds is 3. The third kappa shape index (κ3) is 3.46. The molecule has 3 rings (SSSR count). The first-order valence-electron chi connectivity index (χ1n) is 7.55. The Morgan fingerprint density at radius 1 is 1.17 bits per heavy atom. The van der Waals surface area contributed by atoms with Gasteiger partial charge in [-0.05, 0) is 30.5 Å². The number of nitrogens with one attached hydrogen (secondary N) is 2. The molecule has 1 fully saturated rings. The number of hydrogen-bond acceptors (Lipinski definition) is 4. The first-order chi connectivity index (χ1) is 11.5. The lowest BCUT2D eigenvalue weighted by Gasteiger charge is -2.17. The zero-order valence-electron chi connectivity index (χ0n) is 13.1. The van der Waals surface area contributed by atoms with Crippen LogP contribution in [0.5, 0.6) is 0 Å². The van der Waals surface area contributed by atoms with Gasteiger partial charge in [0, 0.05) is 18.7 Å². The summed E-state index contributed by atoms with van der Waals surface area (Å²) in [7, 11) is 0. The predicted molar refractivity (Wildman–Crippen MR) is 91.6 cm³/mol. The van der Waals surface area contributed by atoms with Gasteiger partial charge in [0.05, 0.1) is 10.8 Å². The molecular formula is C17H17N3O3S. The molecule has 2 N–H and O–H groups in total. The van der Waals surface area contributed by atoms with Crippen molar-refractivity contribution in [2.75, 3.05) is 11.4 Å². The van der Waals surface area contributed by atoms with E-state index in [4.69, 9.17) is 0 Å². The third-order valence-corrected chi connectivity index (χ3v) is 4.75. The van der Waals surface area contributed by atoms with Crippen molar-refractivity contribution in [3.05, 3.63) is 52.2 Å². The highest BCUT2D eigenvalue weighted by atomic mass is 32.1. The van der Waals surface area contributed by atoms with Crippen molar-refractivity contribution in [3.63, 3.8) is 0 Å². The number of carbonyl (C=O) groups is 3. The van der Waals surface area contributed by atoms with E-state index in [2.05, 4.69) is 10.9 Å². The van der Waals surface area contributed by atoms with Gasteiger partial charge >= 0.3 is 0 Å². The average molecular weight is 343 g/mol. The first-order valence-corrected chi connectivity index (χ1v) is 8.43. The fourth-order valence-electron chi connectivity index (χ4n) is 2.55. The van der Waals surface area contributed by atoms with E-state index in [9.17, 15) is 14.4 Å². The van der Waals surface area contributed by atoms with E-state index in [1.165, 1.54) is 11.3 Å². The lowest BCUT2D eigenvalue weighted by Crippen LogP contribution is -2.44. The summed E-state index contributed by atoms with van der Waals surface area (Å²) in [4.78, 5) is 38.3. The second-order valence-corrected chi connectivity index (χ2v) is 6.61. The van der Waals surface area contributed by atoms with Crippen molar-refractivity contribution >= 4 is 34.7 Å². The number of hydrogen-bond donors (Lipinski definition) is 2. The van der Waals surface area contributed by atoms with E-state index in [1.807, 2.05) is 31.2 Å². The molecule has 1 atom stereocenters. The topological polar surface area (TPSA) is 78.5 Å². The standard InChI is InChI=1S/C17H17N3O3S/c1-11-4-6-13(7-5-11)20-10-12(9-15(20)21)16(22)18-19-17(23)14-3-2-8-24-14/h2-8,12H,9-10H2,1H3,(H,18,22)(H,19,23)/t12-/m1/s1. The fourth-order valence-corrected chi connectivity index (χ4v) is 3.17. The van der Waals surface area contributed by atoms with Crippen molar-refractivity contribution in [2.24, 2.45) is 5.92 Å². The molecule has 2 heterocycles. The van der Waals surface area contributed by atoms with Gasteiger partial charge in [-0.15, -0.1) is 11.3 Å². The molecule has 0 unspecified atom stereocenters. The molecule has 0 spiro atoms. The van der Waals surface area contributed by atoms with Crippen LogP contribution in [-0.2, 0) is 9.59 Å². The molecule has 2 aromatic rings. The summed E-state index contributed by atoms with van der Waals surface area (Å²) in [6.45, 7) is 2.28. The number of thiophene rings is 1. The molecule has 1 aromatic carbocycles. The van der Waals surface area contributed by atoms with Crippen molar-refractivity contribution in [2.45, 2.75) is 13.3 Å². The summed E-state index contributed by atoms with van der Waals surface area (Å²) in [5, 5.41) is 1.78. The van der Waals surface area contributed by atoms with E-state index in [0.29, 0.717) is 11.4 Å². The van der Waals surface area contributed by atoms with Crippen molar-refractivity contribution in [3.8, 4) is 0 Å². The molecule has 0 aliphatic carbocycles. The first kappa shape index (κ1) is 16.2. The van der Waals surface area contributed by atoms with Gasteiger partial charge in [0.2, 0.25) is 11.8 Å². The summed E-state index contributed by atoms with van der Waals surface area (Å²) in [6, 6.07) is 11.0.